The van der Waals surface area contributed by atoms with E-state index in [-0.39, 0.29) is 5.41 Å². The van der Waals surface area contributed by atoms with E-state index in [1.165, 1.54) is 0 Å². The fourth-order valence-electron chi connectivity index (χ4n) is 2.38. The summed E-state index contributed by atoms with van der Waals surface area (Å²) < 4.78 is 0. The van der Waals surface area contributed by atoms with Crippen LogP contribution in [0.15, 0.2) is 0 Å². The average Bonchev–Trinajstić information content (AvgIpc) is 2.33. The van der Waals surface area contributed by atoms with Gasteiger partial charge in [-0.15, -0.1) is 0 Å². The van der Waals surface area contributed by atoms with Crippen LogP contribution in [0.2, 0.25) is 0 Å². The zero-order chi connectivity index (χ0) is 8.98. The Morgan fingerprint density at radius 2 is 2.33 bits per heavy atom. The Hall–Kier alpha value is -0.610. The summed E-state index contributed by atoms with van der Waals surface area (Å²) in [7, 11) is 2.01. The van der Waals surface area contributed by atoms with Crippen LogP contribution in [0.4, 0.5) is 0 Å². The van der Waals surface area contributed by atoms with E-state index in [0.29, 0.717) is 6.42 Å². The molecule has 0 amide bonds. The van der Waals surface area contributed by atoms with E-state index in [1.807, 2.05) is 7.05 Å². The van der Waals surface area contributed by atoms with E-state index in [1.54, 1.807) is 0 Å². The Morgan fingerprint density at radius 3 is 2.67 bits per heavy atom. The van der Waals surface area contributed by atoms with Crippen molar-refractivity contribution in [1.29, 1.82) is 0 Å². The molecule has 3 N–H and O–H groups in total. The number of likely N-dealkylation sites (tertiary alicyclic amines) is 1. The SMILES string of the molecule is CN1CCC2(C1)CC2(N)C(=O)O. The third-order valence-electron chi connectivity index (χ3n) is 3.36. The molecule has 2 unspecified atom stereocenters. The second kappa shape index (κ2) is 2.00. The van der Waals surface area contributed by atoms with Crippen LogP contribution in [0, 0.1) is 5.41 Å². The van der Waals surface area contributed by atoms with E-state index < -0.39 is 11.5 Å². The van der Waals surface area contributed by atoms with Crippen molar-refractivity contribution in [3.8, 4) is 0 Å². The second-order valence-electron chi connectivity index (χ2n) is 4.22. The smallest absolute Gasteiger partial charge is 0.324 e. The number of carboxylic acid groups (broad SMARTS) is 1. The number of nitrogens with two attached hydrogens (primary N) is 1. The molecule has 1 saturated heterocycles. The first-order chi connectivity index (χ1) is 5.50. The van der Waals surface area contributed by atoms with E-state index >= 15 is 0 Å². The van der Waals surface area contributed by atoms with Gasteiger partial charge in [0.1, 0.15) is 5.54 Å². The van der Waals surface area contributed by atoms with Gasteiger partial charge in [0, 0.05) is 12.0 Å². The highest BCUT2D eigenvalue weighted by Gasteiger charge is 2.71. The minimum atomic E-state index is -0.919. The number of rotatable bonds is 1. The lowest BCUT2D eigenvalue weighted by Crippen LogP contribution is -2.40. The summed E-state index contributed by atoms with van der Waals surface area (Å²) in [5, 5.41) is 8.88. The van der Waals surface area contributed by atoms with Gasteiger partial charge >= 0.3 is 5.97 Å². The number of carbonyl (C=O) groups is 1. The van der Waals surface area contributed by atoms with Crippen LogP contribution >= 0.6 is 0 Å². The first-order valence-electron chi connectivity index (χ1n) is 4.21. The summed E-state index contributed by atoms with van der Waals surface area (Å²) in [5.41, 5.74) is 4.74. The van der Waals surface area contributed by atoms with Crippen molar-refractivity contribution in [2.24, 2.45) is 11.1 Å². The predicted octanol–water partition coefficient (Wildman–Crippen LogP) is -0.506. The van der Waals surface area contributed by atoms with Crippen LogP contribution in [-0.4, -0.2) is 41.7 Å². The van der Waals surface area contributed by atoms with Gasteiger partial charge in [0.15, 0.2) is 0 Å². The largest absolute Gasteiger partial charge is 0.480 e. The number of hydrogen-bond acceptors (Lipinski definition) is 3. The van der Waals surface area contributed by atoms with Gasteiger partial charge in [0.05, 0.1) is 0 Å². The van der Waals surface area contributed by atoms with Crippen LogP contribution in [0.25, 0.3) is 0 Å². The standard InChI is InChI=1S/C8H14N2O2/c1-10-3-2-7(5-10)4-8(7,9)6(11)12/h2-5,9H2,1H3,(H,11,12). The van der Waals surface area contributed by atoms with Crippen LogP contribution < -0.4 is 5.73 Å². The molecular weight excluding hydrogens is 156 g/mol. The number of hydrogen-bond donors (Lipinski definition) is 2. The molecule has 1 aliphatic heterocycles. The Morgan fingerprint density at radius 1 is 1.67 bits per heavy atom. The summed E-state index contributed by atoms with van der Waals surface area (Å²) in [6.07, 6.45) is 1.59. The first-order valence-corrected chi connectivity index (χ1v) is 4.21. The van der Waals surface area contributed by atoms with Gasteiger partial charge in [0.25, 0.3) is 0 Å². The van der Waals surface area contributed by atoms with Crippen LogP contribution in [0.1, 0.15) is 12.8 Å². The van der Waals surface area contributed by atoms with Crippen molar-refractivity contribution in [2.45, 2.75) is 18.4 Å². The molecule has 0 radical (unpaired) electrons. The Bertz CT molecular complexity index is 243. The molecule has 0 aromatic rings. The minimum Gasteiger partial charge on any atom is -0.480 e. The molecule has 0 aromatic heterocycles. The fourth-order valence-corrected chi connectivity index (χ4v) is 2.38. The normalized spacial score (nSPS) is 46.8. The average molecular weight is 170 g/mol. The molecule has 1 aliphatic carbocycles. The molecule has 2 aliphatic rings. The Kier molecular flexibility index (Phi) is 1.34. The molecule has 12 heavy (non-hydrogen) atoms. The molecule has 0 aromatic carbocycles. The molecule has 1 heterocycles. The lowest BCUT2D eigenvalue weighted by atomic mass is 9.99. The molecule has 1 saturated carbocycles. The van der Waals surface area contributed by atoms with E-state index in [2.05, 4.69) is 4.90 Å². The highest BCUT2D eigenvalue weighted by atomic mass is 16.4. The van der Waals surface area contributed by atoms with Crippen LogP contribution in [-0.2, 0) is 4.79 Å². The molecule has 4 heteroatoms. The van der Waals surface area contributed by atoms with E-state index in [9.17, 15) is 4.79 Å². The summed E-state index contributed by atoms with van der Waals surface area (Å²) >= 11 is 0. The molecule has 2 rings (SSSR count). The number of aliphatic carboxylic acids is 1. The van der Waals surface area contributed by atoms with Gasteiger partial charge in [-0.1, -0.05) is 0 Å². The quantitative estimate of drug-likeness (QED) is 0.556. The van der Waals surface area contributed by atoms with Crippen molar-refractivity contribution in [1.82, 2.24) is 4.90 Å². The molecule has 2 fully saturated rings. The maximum absolute atomic E-state index is 10.8. The lowest BCUT2D eigenvalue weighted by Gasteiger charge is -2.13. The zero-order valence-electron chi connectivity index (χ0n) is 7.21. The van der Waals surface area contributed by atoms with Crippen molar-refractivity contribution >= 4 is 5.97 Å². The second-order valence-corrected chi connectivity index (χ2v) is 4.22. The first kappa shape index (κ1) is 8.01. The minimum absolute atomic E-state index is 0.104. The third kappa shape index (κ3) is 0.765. The molecular formula is C8H14N2O2. The highest BCUT2D eigenvalue weighted by Crippen LogP contribution is 2.59. The van der Waals surface area contributed by atoms with Gasteiger partial charge in [-0.05, 0) is 26.4 Å². The molecule has 2 atom stereocenters. The van der Waals surface area contributed by atoms with Gasteiger partial charge in [-0.2, -0.15) is 0 Å². The van der Waals surface area contributed by atoms with Gasteiger partial charge in [-0.25, -0.2) is 0 Å². The molecule has 0 bridgehead atoms. The number of carboxylic acids is 1. The van der Waals surface area contributed by atoms with Crippen molar-refractivity contribution < 1.29 is 9.90 Å². The summed E-state index contributed by atoms with van der Waals surface area (Å²) in [4.78, 5) is 13.0. The van der Waals surface area contributed by atoms with Gasteiger partial charge in [-0.3, -0.25) is 4.79 Å². The van der Waals surface area contributed by atoms with Crippen molar-refractivity contribution in [3.05, 3.63) is 0 Å². The maximum Gasteiger partial charge on any atom is 0.324 e. The highest BCUT2D eigenvalue weighted by molar-refractivity contribution is 5.84. The summed E-state index contributed by atoms with van der Waals surface area (Å²) in [6, 6.07) is 0. The number of nitrogens with zero attached hydrogens (tertiary/aromatic N) is 1. The monoisotopic (exact) mass is 170 g/mol. The molecule has 1 spiro atoms. The van der Waals surface area contributed by atoms with Crippen molar-refractivity contribution in [3.63, 3.8) is 0 Å². The van der Waals surface area contributed by atoms with Crippen LogP contribution in [0.3, 0.4) is 0 Å². The summed E-state index contributed by atoms with van der Waals surface area (Å²) in [5.74, 6) is -0.835. The van der Waals surface area contributed by atoms with Gasteiger partial charge in [0.2, 0.25) is 0 Å². The fraction of sp³-hybridized carbons (Fsp3) is 0.875. The topological polar surface area (TPSA) is 66.6 Å². The summed E-state index contributed by atoms with van der Waals surface area (Å²) in [6.45, 7) is 1.82. The third-order valence-corrected chi connectivity index (χ3v) is 3.36. The zero-order valence-corrected chi connectivity index (χ0v) is 7.21. The Labute approximate surface area is 71.3 Å². The van der Waals surface area contributed by atoms with E-state index in [4.69, 9.17) is 10.8 Å². The van der Waals surface area contributed by atoms with E-state index in [0.717, 1.165) is 19.5 Å². The van der Waals surface area contributed by atoms with Crippen LogP contribution in [0.5, 0.6) is 0 Å². The van der Waals surface area contributed by atoms with Gasteiger partial charge < -0.3 is 15.7 Å². The predicted molar refractivity (Wildman–Crippen MR) is 43.7 cm³/mol. The molecule has 68 valence electrons. The molecule has 4 nitrogen and oxygen atoms in total. The van der Waals surface area contributed by atoms with Crippen molar-refractivity contribution in [2.75, 3.05) is 20.1 Å². The Balaban J connectivity index is 2.15. The maximum atomic E-state index is 10.8. The lowest BCUT2D eigenvalue weighted by molar-refractivity contribution is -0.140.